The van der Waals surface area contributed by atoms with E-state index in [0.717, 1.165) is 6.42 Å². The maximum absolute atomic E-state index is 13.6. The van der Waals surface area contributed by atoms with Gasteiger partial charge in [-0.05, 0) is 30.0 Å². The molecule has 0 radical (unpaired) electrons. The lowest BCUT2D eigenvalue weighted by molar-refractivity contribution is 0.0949. The summed E-state index contributed by atoms with van der Waals surface area (Å²) in [6.45, 7) is 1.06. The van der Waals surface area contributed by atoms with Crippen LogP contribution in [0, 0.1) is 5.82 Å². The van der Waals surface area contributed by atoms with E-state index in [1.165, 1.54) is 24.0 Å². The lowest BCUT2D eigenvalue weighted by Crippen LogP contribution is -2.26. The topological polar surface area (TPSA) is 66.9 Å². The fourth-order valence-electron chi connectivity index (χ4n) is 2.62. The van der Waals surface area contributed by atoms with Crippen LogP contribution in [0.1, 0.15) is 21.6 Å². The van der Waals surface area contributed by atoms with E-state index in [0.29, 0.717) is 30.9 Å². The van der Waals surface area contributed by atoms with Crippen LogP contribution in [-0.2, 0) is 12.8 Å². The number of carbonyl (C=O) groups excluding carboxylic acids is 1. The molecule has 5 nitrogen and oxygen atoms in total. The van der Waals surface area contributed by atoms with Crippen LogP contribution in [-0.4, -0.2) is 29.0 Å². The summed E-state index contributed by atoms with van der Waals surface area (Å²) in [5.41, 5.74) is 2.08. The summed E-state index contributed by atoms with van der Waals surface area (Å²) in [6.07, 6.45) is 4.24. The fraction of sp³-hybridized carbons (Fsp3) is 0.190. The minimum absolute atomic E-state index is 0.215. The number of amides is 1. The maximum Gasteiger partial charge on any atom is 0.271 e. The van der Waals surface area contributed by atoms with Crippen molar-refractivity contribution in [3.8, 4) is 0 Å². The monoisotopic (exact) mass is 364 g/mol. The van der Waals surface area contributed by atoms with Crippen LogP contribution in [0.2, 0.25) is 0 Å². The van der Waals surface area contributed by atoms with Crippen molar-refractivity contribution in [2.24, 2.45) is 0 Å². The number of benzene rings is 2. The smallest absolute Gasteiger partial charge is 0.271 e. The maximum atomic E-state index is 13.6. The second kappa shape index (κ2) is 9.43. The van der Waals surface area contributed by atoms with Crippen molar-refractivity contribution in [3.05, 3.63) is 89.6 Å². The van der Waals surface area contributed by atoms with Gasteiger partial charge in [-0.2, -0.15) is 0 Å². The molecule has 0 aliphatic heterocycles. The molecule has 0 aliphatic carbocycles. The summed E-state index contributed by atoms with van der Waals surface area (Å²) in [5, 5.41) is 5.91. The van der Waals surface area contributed by atoms with Crippen LogP contribution in [0.25, 0.3) is 0 Å². The van der Waals surface area contributed by atoms with Gasteiger partial charge in [0.25, 0.3) is 5.91 Å². The molecule has 0 saturated heterocycles. The number of halogens is 1. The van der Waals surface area contributed by atoms with E-state index < -0.39 is 0 Å². The molecule has 27 heavy (non-hydrogen) atoms. The van der Waals surface area contributed by atoms with Gasteiger partial charge < -0.3 is 10.6 Å². The minimum Gasteiger partial charge on any atom is -0.368 e. The van der Waals surface area contributed by atoms with E-state index in [-0.39, 0.29) is 17.4 Å². The molecule has 3 aromatic rings. The Balaban J connectivity index is 1.43. The Kier molecular flexibility index (Phi) is 6.46. The quantitative estimate of drug-likeness (QED) is 0.644. The lowest BCUT2D eigenvalue weighted by atomic mass is 10.1. The molecule has 0 bridgehead atoms. The summed E-state index contributed by atoms with van der Waals surface area (Å²) in [6, 6.07) is 16.6. The van der Waals surface area contributed by atoms with E-state index in [2.05, 4.69) is 20.6 Å². The zero-order chi connectivity index (χ0) is 18.9. The van der Waals surface area contributed by atoms with Gasteiger partial charge >= 0.3 is 0 Å². The van der Waals surface area contributed by atoms with E-state index in [9.17, 15) is 9.18 Å². The Hall–Kier alpha value is -3.28. The van der Waals surface area contributed by atoms with Crippen LogP contribution in [0.15, 0.2) is 67.0 Å². The van der Waals surface area contributed by atoms with E-state index >= 15 is 0 Å². The molecule has 1 amide bonds. The first-order valence-corrected chi connectivity index (χ1v) is 8.84. The molecule has 2 aromatic carbocycles. The first-order valence-electron chi connectivity index (χ1n) is 8.84. The van der Waals surface area contributed by atoms with Gasteiger partial charge in [-0.25, -0.2) is 14.4 Å². The molecule has 0 aliphatic rings. The van der Waals surface area contributed by atoms with Gasteiger partial charge in [0.15, 0.2) is 0 Å². The summed E-state index contributed by atoms with van der Waals surface area (Å²) < 4.78 is 13.6. The third-order valence-corrected chi connectivity index (χ3v) is 4.08. The molecule has 1 aromatic heterocycles. The Bertz CT molecular complexity index is 869. The molecular weight excluding hydrogens is 343 g/mol. The number of rotatable bonds is 8. The van der Waals surface area contributed by atoms with E-state index in [4.69, 9.17) is 0 Å². The molecule has 0 spiro atoms. The van der Waals surface area contributed by atoms with Gasteiger partial charge in [0.2, 0.25) is 0 Å². The third kappa shape index (κ3) is 5.60. The second-order valence-corrected chi connectivity index (χ2v) is 6.05. The largest absolute Gasteiger partial charge is 0.368 e. The van der Waals surface area contributed by atoms with Gasteiger partial charge in [0, 0.05) is 13.1 Å². The zero-order valence-electron chi connectivity index (χ0n) is 14.9. The van der Waals surface area contributed by atoms with Crippen LogP contribution >= 0.6 is 0 Å². The van der Waals surface area contributed by atoms with Gasteiger partial charge in [-0.1, -0.05) is 48.5 Å². The molecule has 0 fully saturated rings. The highest BCUT2D eigenvalue weighted by Gasteiger charge is 2.07. The standard InChI is InChI=1S/C21H21FN4O/c22-18-9-5-4-8-17(18)11-13-23-20-15-25-19(14-26-20)21(27)24-12-10-16-6-2-1-3-7-16/h1-9,14-15H,10-13H2,(H,23,26)(H,24,27). The summed E-state index contributed by atoms with van der Waals surface area (Å²) in [5.74, 6) is 0.0800. The van der Waals surface area contributed by atoms with Crippen molar-refractivity contribution in [1.82, 2.24) is 15.3 Å². The number of carbonyl (C=O) groups is 1. The van der Waals surface area contributed by atoms with Crippen LogP contribution in [0.3, 0.4) is 0 Å². The molecule has 6 heteroatoms. The Morgan fingerprint density at radius 2 is 1.67 bits per heavy atom. The fourth-order valence-corrected chi connectivity index (χ4v) is 2.62. The zero-order valence-corrected chi connectivity index (χ0v) is 14.9. The summed E-state index contributed by atoms with van der Waals surface area (Å²) in [7, 11) is 0. The number of nitrogens with one attached hydrogen (secondary N) is 2. The number of anilines is 1. The van der Waals surface area contributed by atoms with Crippen LogP contribution in [0.4, 0.5) is 10.2 Å². The molecule has 0 unspecified atom stereocenters. The van der Waals surface area contributed by atoms with E-state index in [1.54, 1.807) is 12.1 Å². The molecule has 0 saturated carbocycles. The van der Waals surface area contributed by atoms with Crippen molar-refractivity contribution in [3.63, 3.8) is 0 Å². The highest BCUT2D eigenvalue weighted by atomic mass is 19.1. The van der Waals surface area contributed by atoms with Crippen molar-refractivity contribution in [1.29, 1.82) is 0 Å². The first kappa shape index (κ1) is 18.5. The molecule has 2 N–H and O–H groups in total. The molecule has 0 atom stereocenters. The average Bonchev–Trinajstić information content (AvgIpc) is 2.71. The van der Waals surface area contributed by atoms with E-state index in [1.807, 2.05) is 36.4 Å². The minimum atomic E-state index is -0.253. The van der Waals surface area contributed by atoms with Gasteiger partial charge in [-0.15, -0.1) is 0 Å². The normalized spacial score (nSPS) is 10.4. The van der Waals surface area contributed by atoms with Crippen molar-refractivity contribution in [2.75, 3.05) is 18.4 Å². The highest BCUT2D eigenvalue weighted by Crippen LogP contribution is 2.08. The second-order valence-electron chi connectivity index (χ2n) is 6.05. The molecule has 1 heterocycles. The Morgan fingerprint density at radius 1 is 0.889 bits per heavy atom. The van der Waals surface area contributed by atoms with Crippen molar-refractivity contribution in [2.45, 2.75) is 12.8 Å². The Morgan fingerprint density at radius 3 is 2.41 bits per heavy atom. The number of nitrogens with zero attached hydrogens (tertiary/aromatic N) is 2. The van der Waals surface area contributed by atoms with Crippen LogP contribution in [0.5, 0.6) is 0 Å². The Labute approximate surface area is 157 Å². The molecule has 3 rings (SSSR count). The predicted molar refractivity (Wildman–Crippen MR) is 103 cm³/mol. The summed E-state index contributed by atoms with van der Waals surface area (Å²) >= 11 is 0. The SMILES string of the molecule is O=C(NCCc1ccccc1)c1cnc(NCCc2ccccc2F)cn1. The average molecular weight is 364 g/mol. The van der Waals surface area contributed by atoms with Crippen molar-refractivity contribution < 1.29 is 9.18 Å². The number of aromatic nitrogens is 2. The highest BCUT2D eigenvalue weighted by molar-refractivity contribution is 5.91. The number of hydrogen-bond acceptors (Lipinski definition) is 4. The third-order valence-electron chi connectivity index (χ3n) is 4.08. The van der Waals surface area contributed by atoms with Gasteiger partial charge in [0.1, 0.15) is 17.3 Å². The van der Waals surface area contributed by atoms with Crippen LogP contribution < -0.4 is 10.6 Å². The molecule has 138 valence electrons. The van der Waals surface area contributed by atoms with Gasteiger partial charge in [0.05, 0.1) is 12.4 Å². The first-order chi connectivity index (χ1) is 13.2. The lowest BCUT2D eigenvalue weighted by Gasteiger charge is -2.07. The number of hydrogen-bond donors (Lipinski definition) is 2. The van der Waals surface area contributed by atoms with Crippen molar-refractivity contribution >= 4 is 11.7 Å². The van der Waals surface area contributed by atoms with Gasteiger partial charge in [-0.3, -0.25) is 4.79 Å². The summed E-state index contributed by atoms with van der Waals surface area (Å²) in [4.78, 5) is 20.4. The molecular formula is C21H21FN4O. The predicted octanol–water partition coefficient (Wildman–Crippen LogP) is 3.24.